The molecular formula is C25H22BrN3O3. The SMILES string of the molecule is CCOc1cc(/C=N/NC(=O)c2ccccc2C)cc(Br)c1OCc1ccc(C#N)cc1. The molecule has 0 saturated carbocycles. The number of carbonyl (C=O) groups excluding carboxylic acids is 1. The minimum absolute atomic E-state index is 0.272. The van der Waals surface area contributed by atoms with Crippen LogP contribution in [-0.2, 0) is 6.61 Å². The average Bonchev–Trinajstić information content (AvgIpc) is 2.79. The summed E-state index contributed by atoms with van der Waals surface area (Å²) >= 11 is 3.53. The maximum absolute atomic E-state index is 12.3. The first kappa shape index (κ1) is 23.0. The molecule has 0 saturated heterocycles. The lowest BCUT2D eigenvalue weighted by Crippen LogP contribution is -2.18. The molecule has 0 bridgehead atoms. The van der Waals surface area contributed by atoms with Gasteiger partial charge in [-0.2, -0.15) is 10.4 Å². The van der Waals surface area contributed by atoms with Gasteiger partial charge in [0.25, 0.3) is 5.91 Å². The van der Waals surface area contributed by atoms with Crippen LogP contribution in [0.5, 0.6) is 11.5 Å². The molecule has 0 aliphatic heterocycles. The summed E-state index contributed by atoms with van der Waals surface area (Å²) in [5, 5.41) is 13.0. The maximum atomic E-state index is 12.3. The lowest BCUT2D eigenvalue weighted by molar-refractivity contribution is 0.0954. The molecule has 0 aliphatic carbocycles. The van der Waals surface area contributed by atoms with Crippen molar-refractivity contribution < 1.29 is 14.3 Å². The molecule has 3 rings (SSSR count). The Bertz CT molecular complexity index is 1170. The van der Waals surface area contributed by atoms with Crippen molar-refractivity contribution in [1.82, 2.24) is 5.43 Å². The summed E-state index contributed by atoms with van der Waals surface area (Å²) in [5.74, 6) is 0.852. The molecule has 7 heteroatoms. The number of ether oxygens (including phenoxy) is 2. The minimum atomic E-state index is -0.272. The van der Waals surface area contributed by atoms with Crippen molar-refractivity contribution in [3.8, 4) is 17.6 Å². The van der Waals surface area contributed by atoms with E-state index in [0.717, 1.165) is 16.7 Å². The van der Waals surface area contributed by atoms with E-state index < -0.39 is 0 Å². The number of hydrogen-bond donors (Lipinski definition) is 1. The summed E-state index contributed by atoms with van der Waals surface area (Å²) in [6, 6.07) is 20.3. The number of carbonyl (C=O) groups is 1. The van der Waals surface area contributed by atoms with Gasteiger partial charge in [0.15, 0.2) is 11.5 Å². The monoisotopic (exact) mass is 491 g/mol. The van der Waals surface area contributed by atoms with Crippen molar-refractivity contribution in [2.45, 2.75) is 20.5 Å². The zero-order chi connectivity index (χ0) is 22.9. The number of halogens is 1. The van der Waals surface area contributed by atoms with Crippen molar-refractivity contribution >= 4 is 28.1 Å². The fraction of sp³-hybridized carbons (Fsp3) is 0.160. The highest BCUT2D eigenvalue weighted by atomic mass is 79.9. The van der Waals surface area contributed by atoms with Gasteiger partial charge in [-0.15, -0.1) is 0 Å². The van der Waals surface area contributed by atoms with Gasteiger partial charge in [-0.25, -0.2) is 5.43 Å². The Morgan fingerprint density at radius 2 is 1.91 bits per heavy atom. The number of nitriles is 1. The van der Waals surface area contributed by atoms with Crippen molar-refractivity contribution in [2.24, 2.45) is 5.10 Å². The third-order valence-corrected chi connectivity index (χ3v) is 5.16. The Morgan fingerprint density at radius 3 is 2.59 bits per heavy atom. The van der Waals surface area contributed by atoms with Gasteiger partial charge in [0.1, 0.15) is 6.61 Å². The van der Waals surface area contributed by atoms with E-state index in [1.165, 1.54) is 0 Å². The fourth-order valence-electron chi connectivity index (χ4n) is 2.95. The molecule has 0 heterocycles. The van der Waals surface area contributed by atoms with Crippen molar-refractivity contribution in [1.29, 1.82) is 5.26 Å². The third-order valence-electron chi connectivity index (χ3n) is 4.57. The van der Waals surface area contributed by atoms with E-state index >= 15 is 0 Å². The molecule has 6 nitrogen and oxygen atoms in total. The first-order valence-corrected chi connectivity index (χ1v) is 10.8. The number of amides is 1. The van der Waals surface area contributed by atoms with E-state index in [0.29, 0.717) is 40.3 Å². The Morgan fingerprint density at radius 1 is 1.16 bits per heavy atom. The summed E-state index contributed by atoms with van der Waals surface area (Å²) < 4.78 is 12.4. The molecule has 1 N–H and O–H groups in total. The lowest BCUT2D eigenvalue weighted by Gasteiger charge is -2.14. The molecule has 0 aromatic heterocycles. The van der Waals surface area contributed by atoms with Gasteiger partial charge in [-0.3, -0.25) is 4.79 Å². The van der Waals surface area contributed by atoms with E-state index in [1.54, 1.807) is 30.5 Å². The zero-order valence-electron chi connectivity index (χ0n) is 17.8. The average molecular weight is 492 g/mol. The van der Waals surface area contributed by atoms with Crippen LogP contribution in [0.4, 0.5) is 0 Å². The van der Waals surface area contributed by atoms with Crippen LogP contribution in [0, 0.1) is 18.3 Å². The van der Waals surface area contributed by atoms with Crippen LogP contribution in [0.15, 0.2) is 70.2 Å². The van der Waals surface area contributed by atoms with Crippen molar-refractivity contribution in [2.75, 3.05) is 6.61 Å². The molecule has 3 aromatic carbocycles. The fourth-order valence-corrected chi connectivity index (χ4v) is 3.52. The summed E-state index contributed by atoms with van der Waals surface area (Å²) in [6.45, 7) is 4.55. The maximum Gasteiger partial charge on any atom is 0.271 e. The molecule has 0 radical (unpaired) electrons. The van der Waals surface area contributed by atoms with E-state index in [1.807, 2.05) is 50.2 Å². The largest absolute Gasteiger partial charge is 0.490 e. The summed E-state index contributed by atoms with van der Waals surface area (Å²) in [7, 11) is 0. The van der Waals surface area contributed by atoms with E-state index in [-0.39, 0.29) is 5.91 Å². The van der Waals surface area contributed by atoms with E-state index in [4.69, 9.17) is 14.7 Å². The van der Waals surface area contributed by atoms with Gasteiger partial charge in [0, 0.05) is 5.56 Å². The highest BCUT2D eigenvalue weighted by Gasteiger charge is 2.13. The number of aryl methyl sites for hydroxylation is 1. The molecule has 0 atom stereocenters. The van der Waals surface area contributed by atoms with Crippen molar-refractivity contribution in [3.05, 3.63) is 93.0 Å². The van der Waals surface area contributed by atoms with Crippen LogP contribution in [0.2, 0.25) is 0 Å². The Kier molecular flexibility index (Phi) is 8.01. The van der Waals surface area contributed by atoms with Gasteiger partial charge < -0.3 is 9.47 Å². The molecular weight excluding hydrogens is 470 g/mol. The van der Waals surface area contributed by atoms with Gasteiger partial charge in [0.2, 0.25) is 0 Å². The highest BCUT2D eigenvalue weighted by molar-refractivity contribution is 9.10. The predicted molar refractivity (Wildman–Crippen MR) is 127 cm³/mol. The molecule has 3 aromatic rings. The Labute approximate surface area is 195 Å². The first-order valence-electron chi connectivity index (χ1n) is 9.99. The summed E-state index contributed by atoms with van der Waals surface area (Å²) in [6.07, 6.45) is 1.55. The second-order valence-electron chi connectivity index (χ2n) is 6.87. The van der Waals surface area contributed by atoms with Gasteiger partial charge >= 0.3 is 0 Å². The number of hydrazone groups is 1. The number of hydrogen-bond acceptors (Lipinski definition) is 5. The number of nitrogens with zero attached hydrogens (tertiary/aromatic N) is 2. The predicted octanol–water partition coefficient (Wildman–Crippen LogP) is 5.37. The zero-order valence-corrected chi connectivity index (χ0v) is 19.3. The van der Waals surface area contributed by atoms with Crippen LogP contribution in [0.3, 0.4) is 0 Å². The Balaban J connectivity index is 1.72. The van der Waals surface area contributed by atoms with E-state index in [2.05, 4.69) is 32.5 Å². The molecule has 0 aliphatic rings. The molecule has 32 heavy (non-hydrogen) atoms. The van der Waals surface area contributed by atoms with Crippen LogP contribution < -0.4 is 14.9 Å². The van der Waals surface area contributed by atoms with Gasteiger partial charge in [-0.05, 0) is 76.8 Å². The quantitative estimate of drug-likeness (QED) is 0.339. The molecule has 0 unspecified atom stereocenters. The van der Waals surface area contributed by atoms with Crippen molar-refractivity contribution in [3.63, 3.8) is 0 Å². The highest BCUT2D eigenvalue weighted by Crippen LogP contribution is 2.37. The van der Waals surface area contributed by atoms with E-state index in [9.17, 15) is 4.79 Å². The van der Waals surface area contributed by atoms with Crippen LogP contribution >= 0.6 is 15.9 Å². The molecule has 0 spiro atoms. The van der Waals surface area contributed by atoms with Crippen LogP contribution in [0.25, 0.3) is 0 Å². The molecule has 1 amide bonds. The van der Waals surface area contributed by atoms with Gasteiger partial charge in [0.05, 0.1) is 28.9 Å². The Hall–Kier alpha value is -3.63. The second-order valence-corrected chi connectivity index (χ2v) is 7.73. The molecule has 0 fully saturated rings. The normalized spacial score (nSPS) is 10.6. The number of nitrogens with one attached hydrogen (secondary N) is 1. The molecule has 162 valence electrons. The van der Waals surface area contributed by atoms with Gasteiger partial charge in [-0.1, -0.05) is 30.3 Å². The third kappa shape index (κ3) is 5.96. The topological polar surface area (TPSA) is 83.7 Å². The minimum Gasteiger partial charge on any atom is -0.490 e. The lowest BCUT2D eigenvalue weighted by atomic mass is 10.1. The number of rotatable bonds is 8. The number of benzene rings is 3. The van der Waals surface area contributed by atoms with Crippen LogP contribution in [-0.4, -0.2) is 18.7 Å². The summed E-state index contributed by atoms with van der Waals surface area (Å²) in [5.41, 5.74) is 6.27. The first-order chi connectivity index (χ1) is 15.5. The standard InChI is InChI=1S/C25H22BrN3O3/c1-3-31-23-13-20(15-28-29-25(30)21-7-5-4-6-17(21)2)12-22(26)24(23)32-16-19-10-8-18(14-27)9-11-19/h4-13,15H,3,16H2,1-2H3,(H,29,30)/b28-15+. The second kappa shape index (κ2) is 11.1. The van der Waals surface area contributed by atoms with Crippen LogP contribution in [0.1, 0.15) is 39.5 Å². The smallest absolute Gasteiger partial charge is 0.271 e. The summed E-state index contributed by atoms with van der Waals surface area (Å²) in [4.78, 5) is 12.3.